The summed E-state index contributed by atoms with van der Waals surface area (Å²) in [5.74, 6) is 0.618. The molecule has 0 bridgehead atoms. The van der Waals surface area contributed by atoms with Crippen molar-refractivity contribution in [3.05, 3.63) is 28.0 Å². The number of carbonyl (C=O) groups excluding carboxylic acids is 1. The zero-order chi connectivity index (χ0) is 13.8. The number of nitrogens with one attached hydrogen (secondary N) is 1. The molecule has 0 aliphatic rings. The molecule has 2 aromatic rings. The Morgan fingerprint density at radius 2 is 2.37 bits per heavy atom. The number of rotatable bonds is 4. The van der Waals surface area contributed by atoms with Crippen molar-refractivity contribution in [2.75, 3.05) is 12.4 Å². The monoisotopic (exact) mass is 280 g/mol. The molecule has 0 spiro atoms. The standard InChI is InChI=1S/C12H16N4O2S/c1-4-9-11(8(2)18-15-9)14-12(17)16(3)7-10-13-5-6-19-10/h5-6H,4,7H2,1-3H3,(H,14,17). The Bertz CT molecular complexity index is 550. The maximum atomic E-state index is 12.1. The molecule has 0 saturated carbocycles. The minimum absolute atomic E-state index is 0.198. The van der Waals surface area contributed by atoms with Crippen molar-refractivity contribution in [1.82, 2.24) is 15.0 Å². The molecule has 1 N–H and O–H groups in total. The van der Waals surface area contributed by atoms with E-state index < -0.39 is 0 Å². The summed E-state index contributed by atoms with van der Waals surface area (Å²) >= 11 is 1.52. The van der Waals surface area contributed by atoms with Gasteiger partial charge in [-0.2, -0.15) is 0 Å². The molecule has 2 amide bonds. The third-order valence-corrected chi connectivity index (χ3v) is 3.47. The van der Waals surface area contributed by atoms with Crippen LogP contribution >= 0.6 is 11.3 Å². The van der Waals surface area contributed by atoms with Gasteiger partial charge in [-0.1, -0.05) is 12.1 Å². The fourth-order valence-electron chi connectivity index (χ4n) is 1.63. The minimum atomic E-state index is -0.198. The largest absolute Gasteiger partial charge is 0.359 e. The summed E-state index contributed by atoms with van der Waals surface area (Å²) in [7, 11) is 1.73. The Morgan fingerprint density at radius 1 is 1.58 bits per heavy atom. The summed E-state index contributed by atoms with van der Waals surface area (Å²) in [6, 6.07) is -0.198. The van der Waals surface area contributed by atoms with Crippen LogP contribution in [-0.4, -0.2) is 28.1 Å². The zero-order valence-corrected chi connectivity index (χ0v) is 12.0. The van der Waals surface area contributed by atoms with E-state index >= 15 is 0 Å². The van der Waals surface area contributed by atoms with Gasteiger partial charge in [-0.05, 0) is 13.3 Å². The van der Waals surface area contributed by atoms with E-state index in [-0.39, 0.29) is 6.03 Å². The molecular formula is C12H16N4O2S. The summed E-state index contributed by atoms with van der Waals surface area (Å²) in [5, 5.41) is 9.52. The van der Waals surface area contributed by atoms with Crippen LogP contribution in [0.4, 0.5) is 10.5 Å². The Kier molecular flexibility index (Phi) is 4.16. The van der Waals surface area contributed by atoms with Gasteiger partial charge in [0.1, 0.15) is 16.4 Å². The van der Waals surface area contributed by atoms with Gasteiger partial charge in [0.05, 0.1) is 6.54 Å². The second-order valence-corrected chi connectivity index (χ2v) is 5.11. The molecule has 0 radical (unpaired) electrons. The summed E-state index contributed by atoms with van der Waals surface area (Å²) in [6.45, 7) is 4.23. The Hall–Kier alpha value is -1.89. The molecule has 0 fully saturated rings. The second-order valence-electron chi connectivity index (χ2n) is 4.13. The fourth-order valence-corrected chi connectivity index (χ4v) is 2.30. The van der Waals surface area contributed by atoms with Gasteiger partial charge in [-0.15, -0.1) is 11.3 Å². The summed E-state index contributed by atoms with van der Waals surface area (Å²) in [6.07, 6.45) is 2.44. The normalized spacial score (nSPS) is 10.5. The average Bonchev–Trinajstić information content (AvgIpc) is 3.00. The predicted molar refractivity (Wildman–Crippen MR) is 73.2 cm³/mol. The van der Waals surface area contributed by atoms with Crippen LogP contribution in [0.3, 0.4) is 0 Å². The first-order chi connectivity index (χ1) is 9.11. The summed E-state index contributed by atoms with van der Waals surface area (Å²) in [5.41, 5.74) is 1.42. The van der Waals surface area contributed by atoms with E-state index in [0.717, 1.165) is 10.7 Å². The number of urea groups is 1. The average molecular weight is 280 g/mol. The number of nitrogens with zero attached hydrogens (tertiary/aromatic N) is 3. The van der Waals surface area contributed by atoms with Crippen LogP contribution in [0.5, 0.6) is 0 Å². The highest BCUT2D eigenvalue weighted by molar-refractivity contribution is 7.09. The van der Waals surface area contributed by atoms with E-state index in [9.17, 15) is 4.79 Å². The van der Waals surface area contributed by atoms with E-state index in [1.54, 1.807) is 25.1 Å². The van der Waals surface area contributed by atoms with Crippen LogP contribution in [0.15, 0.2) is 16.1 Å². The molecule has 0 unspecified atom stereocenters. The van der Waals surface area contributed by atoms with E-state index in [0.29, 0.717) is 24.4 Å². The molecular weight excluding hydrogens is 264 g/mol. The highest BCUT2D eigenvalue weighted by Gasteiger charge is 2.17. The Morgan fingerprint density at radius 3 is 3.00 bits per heavy atom. The molecule has 0 atom stereocenters. The number of carbonyl (C=O) groups is 1. The molecule has 2 rings (SSSR count). The Labute approximate surface area is 115 Å². The molecule has 0 aromatic carbocycles. The van der Waals surface area contributed by atoms with E-state index in [1.165, 1.54) is 11.3 Å². The van der Waals surface area contributed by atoms with Crippen LogP contribution in [-0.2, 0) is 13.0 Å². The lowest BCUT2D eigenvalue weighted by atomic mass is 10.2. The zero-order valence-electron chi connectivity index (χ0n) is 11.1. The highest BCUT2D eigenvalue weighted by Crippen LogP contribution is 2.20. The third-order valence-electron chi connectivity index (χ3n) is 2.70. The lowest BCUT2D eigenvalue weighted by molar-refractivity contribution is 0.220. The van der Waals surface area contributed by atoms with Crippen molar-refractivity contribution in [1.29, 1.82) is 0 Å². The number of anilines is 1. The maximum absolute atomic E-state index is 12.1. The molecule has 6 nitrogen and oxygen atoms in total. The molecule has 102 valence electrons. The van der Waals surface area contributed by atoms with Gasteiger partial charge in [0.15, 0.2) is 5.76 Å². The molecule has 2 heterocycles. The van der Waals surface area contributed by atoms with E-state index in [2.05, 4.69) is 15.5 Å². The second kappa shape index (κ2) is 5.83. The number of aromatic nitrogens is 2. The molecule has 0 aliphatic heterocycles. The van der Waals surface area contributed by atoms with Gasteiger partial charge in [0.25, 0.3) is 0 Å². The van der Waals surface area contributed by atoms with Gasteiger partial charge in [-0.25, -0.2) is 9.78 Å². The van der Waals surface area contributed by atoms with Crippen LogP contribution in [0, 0.1) is 6.92 Å². The summed E-state index contributed by atoms with van der Waals surface area (Å²) < 4.78 is 5.08. The minimum Gasteiger partial charge on any atom is -0.359 e. The third kappa shape index (κ3) is 3.11. The quantitative estimate of drug-likeness (QED) is 0.934. The van der Waals surface area contributed by atoms with Gasteiger partial charge in [0.2, 0.25) is 0 Å². The Balaban J connectivity index is 2.02. The van der Waals surface area contributed by atoms with Crippen molar-refractivity contribution in [2.24, 2.45) is 0 Å². The number of thiazole rings is 1. The van der Waals surface area contributed by atoms with Crippen molar-refractivity contribution in [2.45, 2.75) is 26.8 Å². The molecule has 0 saturated heterocycles. The van der Waals surface area contributed by atoms with Crippen LogP contribution in [0.25, 0.3) is 0 Å². The van der Waals surface area contributed by atoms with Crippen molar-refractivity contribution < 1.29 is 9.32 Å². The smallest absolute Gasteiger partial charge is 0.322 e. The lowest BCUT2D eigenvalue weighted by Crippen LogP contribution is -2.31. The van der Waals surface area contributed by atoms with Gasteiger partial charge in [-0.3, -0.25) is 0 Å². The first kappa shape index (κ1) is 13.5. The van der Waals surface area contributed by atoms with Crippen molar-refractivity contribution >= 4 is 23.1 Å². The lowest BCUT2D eigenvalue weighted by Gasteiger charge is -2.16. The van der Waals surface area contributed by atoms with Crippen LogP contribution in [0.1, 0.15) is 23.4 Å². The van der Waals surface area contributed by atoms with E-state index in [1.807, 2.05) is 12.3 Å². The maximum Gasteiger partial charge on any atom is 0.322 e. The number of hydrogen-bond donors (Lipinski definition) is 1. The summed E-state index contributed by atoms with van der Waals surface area (Å²) in [4.78, 5) is 17.8. The number of hydrogen-bond acceptors (Lipinski definition) is 5. The van der Waals surface area contributed by atoms with Gasteiger partial charge < -0.3 is 14.7 Å². The fraction of sp³-hybridized carbons (Fsp3) is 0.417. The molecule has 19 heavy (non-hydrogen) atoms. The van der Waals surface area contributed by atoms with Crippen molar-refractivity contribution in [3.8, 4) is 0 Å². The van der Waals surface area contributed by atoms with Gasteiger partial charge >= 0.3 is 6.03 Å². The first-order valence-electron chi connectivity index (χ1n) is 5.97. The van der Waals surface area contributed by atoms with Crippen LogP contribution in [0.2, 0.25) is 0 Å². The SMILES string of the molecule is CCc1noc(C)c1NC(=O)N(C)Cc1nccs1. The topological polar surface area (TPSA) is 71.3 Å². The molecule has 0 aliphatic carbocycles. The van der Waals surface area contributed by atoms with Gasteiger partial charge in [0, 0.05) is 18.6 Å². The van der Waals surface area contributed by atoms with Crippen LogP contribution < -0.4 is 5.32 Å². The van der Waals surface area contributed by atoms with E-state index in [4.69, 9.17) is 4.52 Å². The highest BCUT2D eigenvalue weighted by atomic mass is 32.1. The number of aryl methyl sites for hydroxylation is 2. The molecule has 7 heteroatoms. The molecule has 2 aromatic heterocycles. The first-order valence-corrected chi connectivity index (χ1v) is 6.85. The predicted octanol–water partition coefficient (Wildman–Crippen LogP) is 2.67. The van der Waals surface area contributed by atoms with Crippen molar-refractivity contribution in [3.63, 3.8) is 0 Å². The number of amides is 2.